The van der Waals surface area contributed by atoms with Gasteiger partial charge >= 0.3 is 0 Å². The fraction of sp³-hybridized carbons (Fsp3) is 0.409. The Kier molecular flexibility index (Phi) is 5.75. The molecule has 0 radical (unpaired) electrons. The average Bonchev–Trinajstić information content (AvgIpc) is 3.06. The van der Waals surface area contributed by atoms with Crippen LogP contribution in [0, 0.1) is 5.92 Å². The number of hydrogen-bond donors (Lipinski definition) is 1. The summed E-state index contributed by atoms with van der Waals surface area (Å²) in [6.07, 6.45) is 2.60. The van der Waals surface area contributed by atoms with E-state index in [1.54, 1.807) is 0 Å². The summed E-state index contributed by atoms with van der Waals surface area (Å²) in [5.74, 6) is 0.889. The summed E-state index contributed by atoms with van der Waals surface area (Å²) in [6, 6.07) is 19.1. The van der Waals surface area contributed by atoms with Crippen LogP contribution in [0.5, 0.6) is 0 Å². The van der Waals surface area contributed by atoms with E-state index in [1.807, 2.05) is 23.1 Å². The van der Waals surface area contributed by atoms with E-state index >= 15 is 0 Å². The van der Waals surface area contributed by atoms with Crippen LogP contribution < -0.4 is 5.32 Å². The van der Waals surface area contributed by atoms with Gasteiger partial charge in [0.1, 0.15) is 0 Å². The number of carbonyl (C=O) groups is 1. The molecule has 1 aliphatic heterocycles. The second-order valence-electron chi connectivity index (χ2n) is 7.43. The number of hydrogen-bond acceptors (Lipinski definition) is 2. The molecule has 0 aliphatic carbocycles. The fourth-order valence-corrected chi connectivity index (χ4v) is 3.43. The summed E-state index contributed by atoms with van der Waals surface area (Å²) in [5.41, 5.74) is 3.58. The highest BCUT2D eigenvalue weighted by Gasteiger charge is 2.25. The predicted octanol–water partition coefficient (Wildman–Crippen LogP) is 4.14. The second kappa shape index (κ2) is 8.19. The first-order valence-electron chi connectivity index (χ1n) is 9.27. The highest BCUT2D eigenvalue weighted by atomic mass is 16.2. The second-order valence-corrected chi connectivity index (χ2v) is 7.43. The Balaban J connectivity index is 1.50. The normalized spacial score (nSPS) is 17.1. The van der Waals surface area contributed by atoms with Crippen LogP contribution >= 0.6 is 0 Å². The van der Waals surface area contributed by atoms with Crippen LogP contribution in [0.3, 0.4) is 0 Å². The maximum atomic E-state index is 12.6. The number of carbonyl (C=O) groups excluding carboxylic acids is 1. The van der Waals surface area contributed by atoms with Crippen LogP contribution in [0.1, 0.15) is 31.4 Å². The molecule has 0 spiro atoms. The van der Waals surface area contributed by atoms with Gasteiger partial charge in [0, 0.05) is 24.8 Å². The maximum absolute atomic E-state index is 12.6. The van der Waals surface area contributed by atoms with Gasteiger partial charge in [-0.2, -0.15) is 0 Å². The predicted molar refractivity (Wildman–Crippen MR) is 104 cm³/mol. The fourth-order valence-electron chi connectivity index (χ4n) is 3.43. The maximum Gasteiger partial charge on any atom is 0.227 e. The molecule has 1 saturated heterocycles. The van der Waals surface area contributed by atoms with Crippen molar-refractivity contribution in [1.29, 1.82) is 0 Å². The number of anilines is 1. The Morgan fingerprint density at radius 2 is 1.76 bits per heavy atom. The van der Waals surface area contributed by atoms with E-state index in [1.165, 1.54) is 5.56 Å². The monoisotopic (exact) mass is 336 g/mol. The molecule has 3 nitrogen and oxygen atoms in total. The van der Waals surface area contributed by atoms with Gasteiger partial charge in [0.15, 0.2) is 0 Å². The minimum atomic E-state index is 0.231. The molecule has 1 heterocycles. The molecule has 0 aromatic heterocycles. The zero-order chi connectivity index (χ0) is 17.6. The molecule has 3 rings (SSSR count). The quantitative estimate of drug-likeness (QED) is 0.860. The smallest absolute Gasteiger partial charge is 0.227 e. The topological polar surface area (TPSA) is 32.3 Å². The van der Waals surface area contributed by atoms with Gasteiger partial charge in [0.25, 0.3) is 0 Å². The van der Waals surface area contributed by atoms with Crippen molar-refractivity contribution in [3.63, 3.8) is 0 Å². The van der Waals surface area contributed by atoms with Crippen molar-refractivity contribution in [1.82, 2.24) is 4.90 Å². The van der Waals surface area contributed by atoms with E-state index in [4.69, 9.17) is 0 Å². The van der Waals surface area contributed by atoms with Crippen molar-refractivity contribution in [2.45, 2.75) is 39.2 Å². The van der Waals surface area contributed by atoms with Gasteiger partial charge in [-0.15, -0.1) is 0 Å². The van der Waals surface area contributed by atoms with Gasteiger partial charge in [-0.3, -0.25) is 4.79 Å². The van der Waals surface area contributed by atoms with Crippen LogP contribution in [0.25, 0.3) is 0 Å². The van der Waals surface area contributed by atoms with Crippen molar-refractivity contribution < 1.29 is 4.79 Å². The summed E-state index contributed by atoms with van der Waals surface area (Å²) < 4.78 is 0. The Morgan fingerprint density at radius 1 is 1.08 bits per heavy atom. The number of benzene rings is 2. The number of rotatable bonds is 6. The van der Waals surface area contributed by atoms with Crippen LogP contribution in [0.15, 0.2) is 54.6 Å². The number of nitrogens with one attached hydrogen (secondary N) is 1. The van der Waals surface area contributed by atoms with Crippen LogP contribution in [-0.4, -0.2) is 29.9 Å². The van der Waals surface area contributed by atoms with Gasteiger partial charge in [-0.1, -0.05) is 56.3 Å². The van der Waals surface area contributed by atoms with E-state index in [0.29, 0.717) is 18.4 Å². The standard InChI is InChI=1S/C22H28N2O/c1-17(2)14-18-8-10-19(11-9-18)15-22(25)24-13-12-21(16-24)23-20-6-4-3-5-7-20/h3-11,17,21,23H,12-16H2,1-2H3. The SMILES string of the molecule is CC(C)Cc1ccc(CC(=O)N2CCC(Nc3ccccc3)C2)cc1. The Morgan fingerprint density at radius 3 is 2.44 bits per heavy atom. The Labute approximate surface area is 151 Å². The lowest BCUT2D eigenvalue weighted by atomic mass is 10.0. The van der Waals surface area contributed by atoms with E-state index in [2.05, 4.69) is 55.6 Å². The lowest BCUT2D eigenvalue weighted by Gasteiger charge is -2.18. The molecule has 1 unspecified atom stereocenters. The lowest BCUT2D eigenvalue weighted by Crippen LogP contribution is -2.32. The molecule has 25 heavy (non-hydrogen) atoms. The molecular weight excluding hydrogens is 308 g/mol. The van der Waals surface area contributed by atoms with Gasteiger partial charge in [-0.25, -0.2) is 0 Å². The van der Waals surface area contributed by atoms with Crippen molar-refractivity contribution >= 4 is 11.6 Å². The minimum absolute atomic E-state index is 0.231. The molecule has 1 atom stereocenters. The molecule has 1 amide bonds. The van der Waals surface area contributed by atoms with Crippen LogP contribution in [0.2, 0.25) is 0 Å². The van der Waals surface area contributed by atoms with E-state index in [9.17, 15) is 4.79 Å². The summed E-state index contributed by atoms with van der Waals surface area (Å²) in [5, 5.41) is 3.52. The van der Waals surface area contributed by atoms with Gasteiger partial charge in [-0.05, 0) is 42.0 Å². The largest absolute Gasteiger partial charge is 0.380 e. The molecular formula is C22H28N2O. The molecule has 132 valence electrons. The first kappa shape index (κ1) is 17.5. The summed E-state index contributed by atoms with van der Waals surface area (Å²) in [4.78, 5) is 14.6. The third-order valence-corrected chi connectivity index (χ3v) is 4.71. The number of amides is 1. The molecule has 1 N–H and O–H groups in total. The lowest BCUT2D eigenvalue weighted by molar-refractivity contribution is -0.129. The molecule has 1 fully saturated rings. The van der Waals surface area contributed by atoms with Gasteiger partial charge < -0.3 is 10.2 Å². The highest BCUT2D eigenvalue weighted by molar-refractivity contribution is 5.79. The third-order valence-electron chi connectivity index (χ3n) is 4.71. The molecule has 0 bridgehead atoms. The minimum Gasteiger partial charge on any atom is -0.380 e. The first-order valence-corrected chi connectivity index (χ1v) is 9.27. The highest BCUT2D eigenvalue weighted by Crippen LogP contribution is 2.17. The summed E-state index contributed by atoms with van der Waals surface area (Å²) in [6.45, 7) is 6.09. The number of nitrogens with zero attached hydrogens (tertiary/aromatic N) is 1. The third kappa shape index (κ3) is 5.09. The molecule has 1 aliphatic rings. The van der Waals surface area contributed by atoms with Gasteiger partial charge in [0.2, 0.25) is 5.91 Å². The van der Waals surface area contributed by atoms with E-state index in [0.717, 1.165) is 37.2 Å². The van der Waals surface area contributed by atoms with Crippen LogP contribution in [0.4, 0.5) is 5.69 Å². The van der Waals surface area contributed by atoms with Crippen molar-refractivity contribution in [3.05, 3.63) is 65.7 Å². The number of para-hydroxylation sites is 1. The van der Waals surface area contributed by atoms with Crippen molar-refractivity contribution in [2.24, 2.45) is 5.92 Å². The van der Waals surface area contributed by atoms with E-state index < -0.39 is 0 Å². The molecule has 2 aromatic rings. The van der Waals surface area contributed by atoms with Crippen molar-refractivity contribution in [3.8, 4) is 0 Å². The summed E-state index contributed by atoms with van der Waals surface area (Å²) >= 11 is 0. The zero-order valence-electron chi connectivity index (χ0n) is 15.2. The molecule has 3 heteroatoms. The van der Waals surface area contributed by atoms with Crippen molar-refractivity contribution in [2.75, 3.05) is 18.4 Å². The molecule has 0 saturated carbocycles. The van der Waals surface area contributed by atoms with E-state index in [-0.39, 0.29) is 5.91 Å². The zero-order valence-corrected chi connectivity index (χ0v) is 15.2. The first-order chi connectivity index (χ1) is 12.1. The van der Waals surface area contributed by atoms with Gasteiger partial charge in [0.05, 0.1) is 6.42 Å². The van der Waals surface area contributed by atoms with Crippen LogP contribution in [-0.2, 0) is 17.6 Å². The number of likely N-dealkylation sites (tertiary alicyclic amines) is 1. The Bertz CT molecular complexity index is 679. The average molecular weight is 336 g/mol. The Hall–Kier alpha value is -2.29. The molecule has 2 aromatic carbocycles. The summed E-state index contributed by atoms with van der Waals surface area (Å²) in [7, 11) is 0.